The van der Waals surface area contributed by atoms with Crippen LogP contribution in [0, 0.1) is 6.92 Å². The van der Waals surface area contributed by atoms with Crippen molar-refractivity contribution in [2.75, 3.05) is 5.32 Å². The molecule has 0 saturated carbocycles. The van der Waals surface area contributed by atoms with Gasteiger partial charge in [0.1, 0.15) is 5.82 Å². The summed E-state index contributed by atoms with van der Waals surface area (Å²) in [6.07, 6.45) is 2.37. The number of carbonyl (C=O) groups is 1. The first-order valence-electron chi connectivity index (χ1n) is 8.08. The van der Waals surface area contributed by atoms with Crippen LogP contribution >= 0.6 is 11.3 Å². The molecule has 0 unspecified atom stereocenters. The van der Waals surface area contributed by atoms with E-state index in [-0.39, 0.29) is 11.8 Å². The van der Waals surface area contributed by atoms with E-state index >= 15 is 0 Å². The molecule has 1 amide bonds. The highest BCUT2D eigenvalue weighted by Gasteiger charge is 2.34. The zero-order chi connectivity index (χ0) is 17.0. The average molecular weight is 349 g/mol. The molecule has 25 heavy (non-hydrogen) atoms. The van der Waals surface area contributed by atoms with Crippen LogP contribution in [-0.2, 0) is 4.79 Å². The summed E-state index contributed by atoms with van der Waals surface area (Å²) in [6, 6.07) is 10.1. The monoisotopic (exact) mass is 349 g/mol. The summed E-state index contributed by atoms with van der Waals surface area (Å²) >= 11 is 1.65. The Morgan fingerprint density at radius 3 is 3.04 bits per heavy atom. The lowest BCUT2D eigenvalue weighted by molar-refractivity contribution is -0.116. The molecule has 5 rings (SSSR count). The third kappa shape index (κ3) is 2.12. The standard InChI is InChI=1S/C18H15N5OS/c1-10-19-16(12-5-2-3-7-23(10)12)11-9-14(24)20-18-15(11)17(21-22-18)13-6-4-8-25-13/h2-8,11H,9H2,1H3,(H2,20,21,22,24)/t11-/m1/s1. The maximum absolute atomic E-state index is 12.3. The number of amides is 1. The molecule has 0 aromatic carbocycles. The van der Waals surface area contributed by atoms with Crippen molar-refractivity contribution in [1.82, 2.24) is 19.6 Å². The molecule has 1 aliphatic rings. The minimum Gasteiger partial charge on any atom is -0.309 e. The molecule has 2 N–H and O–H groups in total. The maximum Gasteiger partial charge on any atom is 0.226 e. The molecule has 4 aromatic rings. The van der Waals surface area contributed by atoms with E-state index in [2.05, 4.69) is 26.0 Å². The summed E-state index contributed by atoms with van der Waals surface area (Å²) in [6.45, 7) is 1.98. The number of thiophene rings is 1. The van der Waals surface area contributed by atoms with Crippen molar-refractivity contribution in [3.05, 3.63) is 59.0 Å². The number of nitrogens with one attached hydrogen (secondary N) is 2. The van der Waals surface area contributed by atoms with Crippen molar-refractivity contribution in [2.45, 2.75) is 19.3 Å². The van der Waals surface area contributed by atoms with Gasteiger partial charge in [0.15, 0.2) is 5.82 Å². The number of nitrogens with zero attached hydrogens (tertiary/aromatic N) is 3. The van der Waals surface area contributed by atoms with Crippen LogP contribution in [0.1, 0.15) is 29.4 Å². The molecule has 124 valence electrons. The Kier molecular flexibility index (Phi) is 3.05. The second-order valence-corrected chi connectivity index (χ2v) is 7.09. The summed E-state index contributed by atoms with van der Waals surface area (Å²) < 4.78 is 2.06. The minimum atomic E-state index is -0.120. The van der Waals surface area contributed by atoms with Crippen molar-refractivity contribution in [1.29, 1.82) is 0 Å². The van der Waals surface area contributed by atoms with Crippen LogP contribution in [-0.4, -0.2) is 25.5 Å². The van der Waals surface area contributed by atoms with Gasteiger partial charge in [-0.2, -0.15) is 5.10 Å². The van der Waals surface area contributed by atoms with E-state index in [1.807, 2.05) is 42.8 Å². The number of H-pyrrole nitrogens is 1. The van der Waals surface area contributed by atoms with Crippen LogP contribution in [0.5, 0.6) is 0 Å². The first kappa shape index (κ1) is 14.4. The largest absolute Gasteiger partial charge is 0.309 e. The van der Waals surface area contributed by atoms with Crippen molar-refractivity contribution in [3.8, 4) is 10.6 Å². The highest BCUT2D eigenvalue weighted by Crippen LogP contribution is 2.43. The number of aromatic amines is 1. The summed E-state index contributed by atoms with van der Waals surface area (Å²) in [7, 11) is 0. The Morgan fingerprint density at radius 1 is 1.28 bits per heavy atom. The van der Waals surface area contributed by atoms with Gasteiger partial charge in [-0.1, -0.05) is 12.1 Å². The van der Waals surface area contributed by atoms with Gasteiger partial charge in [0.2, 0.25) is 5.91 Å². The highest BCUT2D eigenvalue weighted by atomic mass is 32.1. The molecule has 7 heteroatoms. The zero-order valence-corrected chi connectivity index (χ0v) is 14.3. The molecular formula is C18H15N5OS. The fourth-order valence-electron chi connectivity index (χ4n) is 3.57. The first-order chi connectivity index (χ1) is 12.2. The predicted octanol–water partition coefficient (Wildman–Crippen LogP) is 3.57. The Bertz CT molecular complexity index is 1090. The van der Waals surface area contributed by atoms with Gasteiger partial charge in [-0.3, -0.25) is 9.89 Å². The minimum absolute atomic E-state index is 0.0311. The Labute approximate surface area is 147 Å². The van der Waals surface area contributed by atoms with E-state index < -0.39 is 0 Å². The lowest BCUT2D eigenvalue weighted by Crippen LogP contribution is -2.23. The first-order valence-corrected chi connectivity index (χ1v) is 8.96. The number of aromatic nitrogens is 4. The van der Waals surface area contributed by atoms with Crippen LogP contribution in [0.2, 0.25) is 0 Å². The van der Waals surface area contributed by atoms with Gasteiger partial charge in [0.25, 0.3) is 0 Å². The van der Waals surface area contributed by atoms with Gasteiger partial charge in [-0.25, -0.2) is 4.98 Å². The van der Waals surface area contributed by atoms with E-state index in [0.717, 1.165) is 33.2 Å². The van der Waals surface area contributed by atoms with Crippen LogP contribution in [0.25, 0.3) is 16.1 Å². The van der Waals surface area contributed by atoms with Crippen molar-refractivity contribution < 1.29 is 4.79 Å². The van der Waals surface area contributed by atoms with E-state index in [1.54, 1.807) is 11.3 Å². The molecule has 1 atom stereocenters. The van der Waals surface area contributed by atoms with Gasteiger partial charge in [-0.15, -0.1) is 11.3 Å². The SMILES string of the molecule is Cc1nc([C@@H]2CC(=O)Nc3n[nH]c(-c4cccs4)c32)c2ccccn12. The molecule has 0 radical (unpaired) electrons. The number of carbonyl (C=O) groups excluding carboxylic acids is 1. The van der Waals surface area contributed by atoms with E-state index in [1.165, 1.54) is 0 Å². The van der Waals surface area contributed by atoms with Gasteiger partial charge in [-0.05, 0) is 30.5 Å². The van der Waals surface area contributed by atoms with E-state index in [4.69, 9.17) is 4.98 Å². The zero-order valence-electron chi connectivity index (χ0n) is 13.5. The summed E-state index contributed by atoms with van der Waals surface area (Å²) in [5, 5.41) is 12.4. The highest BCUT2D eigenvalue weighted by molar-refractivity contribution is 7.13. The molecule has 0 bridgehead atoms. The topological polar surface area (TPSA) is 75.1 Å². The fourth-order valence-corrected chi connectivity index (χ4v) is 4.31. The smallest absolute Gasteiger partial charge is 0.226 e. The Balaban J connectivity index is 1.76. The molecule has 0 fully saturated rings. The molecule has 6 nitrogen and oxygen atoms in total. The van der Waals surface area contributed by atoms with Gasteiger partial charge < -0.3 is 9.72 Å². The van der Waals surface area contributed by atoms with Crippen LogP contribution < -0.4 is 5.32 Å². The molecule has 0 aliphatic carbocycles. The number of rotatable bonds is 2. The van der Waals surface area contributed by atoms with E-state index in [9.17, 15) is 4.79 Å². The lowest BCUT2D eigenvalue weighted by Gasteiger charge is -2.21. The second-order valence-electron chi connectivity index (χ2n) is 6.14. The number of hydrogen-bond donors (Lipinski definition) is 2. The number of imidazole rings is 1. The number of aryl methyl sites for hydroxylation is 1. The average Bonchev–Trinajstić information content (AvgIpc) is 3.33. The van der Waals surface area contributed by atoms with Crippen LogP contribution in [0.4, 0.5) is 5.82 Å². The number of anilines is 1. The quantitative estimate of drug-likeness (QED) is 0.581. The van der Waals surface area contributed by atoms with Gasteiger partial charge in [0.05, 0.1) is 21.8 Å². The molecular weight excluding hydrogens is 334 g/mol. The maximum atomic E-state index is 12.3. The predicted molar refractivity (Wildman–Crippen MR) is 96.9 cm³/mol. The summed E-state index contributed by atoms with van der Waals surface area (Å²) in [5.41, 5.74) is 3.94. The number of fused-ring (bicyclic) bond motifs is 2. The number of hydrogen-bond acceptors (Lipinski definition) is 4. The van der Waals surface area contributed by atoms with Crippen molar-refractivity contribution in [3.63, 3.8) is 0 Å². The molecule has 5 heterocycles. The Hall–Kier alpha value is -2.93. The van der Waals surface area contributed by atoms with Crippen LogP contribution in [0.3, 0.4) is 0 Å². The Morgan fingerprint density at radius 2 is 2.20 bits per heavy atom. The van der Waals surface area contributed by atoms with E-state index in [0.29, 0.717) is 12.2 Å². The molecule has 4 aromatic heterocycles. The van der Waals surface area contributed by atoms with Crippen molar-refractivity contribution >= 4 is 28.6 Å². The summed E-state index contributed by atoms with van der Waals surface area (Å²) in [5.74, 6) is 1.38. The fraction of sp³-hybridized carbons (Fsp3) is 0.167. The number of pyridine rings is 1. The third-order valence-corrected chi connectivity index (χ3v) is 5.54. The molecule has 0 saturated heterocycles. The van der Waals surface area contributed by atoms with Crippen LogP contribution in [0.15, 0.2) is 41.9 Å². The summed E-state index contributed by atoms with van der Waals surface area (Å²) in [4.78, 5) is 18.2. The normalized spacial score (nSPS) is 16.8. The molecule has 0 spiro atoms. The van der Waals surface area contributed by atoms with Crippen molar-refractivity contribution in [2.24, 2.45) is 0 Å². The second kappa shape index (κ2) is 5.29. The third-order valence-electron chi connectivity index (χ3n) is 4.65. The molecule has 1 aliphatic heterocycles. The van der Waals surface area contributed by atoms with Gasteiger partial charge >= 0.3 is 0 Å². The lowest BCUT2D eigenvalue weighted by atomic mass is 9.88. The van der Waals surface area contributed by atoms with Gasteiger partial charge in [0, 0.05) is 24.1 Å².